The summed E-state index contributed by atoms with van der Waals surface area (Å²) in [6.07, 6.45) is 0. The molecule has 0 N–H and O–H groups in total. The highest BCUT2D eigenvalue weighted by molar-refractivity contribution is 7.22. The summed E-state index contributed by atoms with van der Waals surface area (Å²) < 4.78 is 6.58. The molecule has 1 aliphatic heterocycles. The third-order valence-electron chi connectivity index (χ3n) is 5.77. The third-order valence-corrected chi connectivity index (χ3v) is 6.81. The standard InChI is InChI=1S/C25H25N3O2S/c1-18-9-10-22-23(17-18)31-25(26-22)28(12-11-27-13-15-30-16-14-27)24(29)21-8-4-6-19-5-2-3-7-20(19)21/h2-10,17H,11-16H2,1H3. The molecule has 0 radical (unpaired) electrons. The van der Waals surface area contributed by atoms with Gasteiger partial charge in [-0.1, -0.05) is 53.8 Å². The van der Waals surface area contributed by atoms with Crippen LogP contribution in [-0.4, -0.2) is 55.2 Å². The van der Waals surface area contributed by atoms with E-state index >= 15 is 0 Å². The number of aromatic nitrogens is 1. The summed E-state index contributed by atoms with van der Waals surface area (Å²) in [4.78, 5) is 22.9. The van der Waals surface area contributed by atoms with Gasteiger partial charge in [-0.25, -0.2) is 4.98 Å². The van der Waals surface area contributed by atoms with E-state index in [1.54, 1.807) is 11.3 Å². The van der Waals surface area contributed by atoms with Crippen molar-refractivity contribution in [2.24, 2.45) is 0 Å². The van der Waals surface area contributed by atoms with Crippen molar-refractivity contribution >= 4 is 43.4 Å². The first-order valence-electron chi connectivity index (χ1n) is 10.7. The van der Waals surface area contributed by atoms with Gasteiger partial charge in [0.25, 0.3) is 5.91 Å². The molecular weight excluding hydrogens is 406 g/mol. The van der Waals surface area contributed by atoms with Crippen molar-refractivity contribution in [2.45, 2.75) is 6.92 Å². The lowest BCUT2D eigenvalue weighted by atomic mass is 10.0. The van der Waals surface area contributed by atoms with E-state index in [-0.39, 0.29) is 5.91 Å². The van der Waals surface area contributed by atoms with Crippen molar-refractivity contribution in [3.63, 3.8) is 0 Å². The van der Waals surface area contributed by atoms with Crippen molar-refractivity contribution in [3.8, 4) is 0 Å². The van der Waals surface area contributed by atoms with Gasteiger partial charge in [-0.15, -0.1) is 0 Å². The number of anilines is 1. The van der Waals surface area contributed by atoms with E-state index in [0.29, 0.717) is 6.54 Å². The number of amides is 1. The van der Waals surface area contributed by atoms with Gasteiger partial charge >= 0.3 is 0 Å². The number of carbonyl (C=O) groups is 1. The van der Waals surface area contributed by atoms with Gasteiger partial charge < -0.3 is 4.74 Å². The van der Waals surface area contributed by atoms with Gasteiger partial charge in [0.15, 0.2) is 5.13 Å². The number of thiazole rings is 1. The highest BCUT2D eigenvalue weighted by atomic mass is 32.1. The number of aryl methyl sites for hydroxylation is 1. The molecule has 0 unspecified atom stereocenters. The molecule has 0 spiro atoms. The monoisotopic (exact) mass is 431 g/mol. The van der Waals surface area contributed by atoms with Gasteiger partial charge in [0, 0.05) is 31.7 Å². The minimum atomic E-state index is 0.000775. The van der Waals surface area contributed by atoms with Crippen molar-refractivity contribution in [1.29, 1.82) is 0 Å². The number of nitrogens with zero attached hydrogens (tertiary/aromatic N) is 3. The van der Waals surface area contributed by atoms with Gasteiger partial charge in [0.2, 0.25) is 0 Å². The van der Waals surface area contributed by atoms with Crippen molar-refractivity contribution < 1.29 is 9.53 Å². The number of rotatable bonds is 5. The normalized spacial score (nSPS) is 14.9. The third kappa shape index (κ3) is 4.19. The molecule has 0 bridgehead atoms. The molecule has 1 saturated heterocycles. The summed E-state index contributed by atoms with van der Waals surface area (Å²) in [7, 11) is 0. The molecule has 1 amide bonds. The Morgan fingerprint density at radius 3 is 2.77 bits per heavy atom. The molecule has 158 valence electrons. The van der Waals surface area contributed by atoms with Crippen LogP contribution < -0.4 is 4.90 Å². The van der Waals surface area contributed by atoms with Crippen LogP contribution in [0.25, 0.3) is 21.0 Å². The van der Waals surface area contributed by atoms with E-state index in [0.717, 1.165) is 64.5 Å². The zero-order chi connectivity index (χ0) is 21.2. The fourth-order valence-electron chi connectivity index (χ4n) is 4.04. The predicted molar refractivity (Wildman–Crippen MR) is 127 cm³/mol. The molecule has 1 aliphatic rings. The van der Waals surface area contributed by atoms with Crippen LogP contribution in [-0.2, 0) is 4.74 Å². The molecule has 5 rings (SSSR count). The molecule has 0 aliphatic carbocycles. The van der Waals surface area contributed by atoms with Crippen LogP contribution in [0.4, 0.5) is 5.13 Å². The number of hydrogen-bond donors (Lipinski definition) is 0. The summed E-state index contributed by atoms with van der Waals surface area (Å²) in [5, 5.41) is 2.80. The molecule has 3 aromatic carbocycles. The van der Waals surface area contributed by atoms with E-state index in [2.05, 4.69) is 24.0 Å². The SMILES string of the molecule is Cc1ccc2nc(N(CCN3CCOCC3)C(=O)c3cccc4ccccc34)sc2c1. The van der Waals surface area contributed by atoms with Crippen LogP contribution in [0.3, 0.4) is 0 Å². The van der Waals surface area contributed by atoms with Gasteiger partial charge in [0.05, 0.1) is 23.4 Å². The molecule has 6 heteroatoms. The van der Waals surface area contributed by atoms with Crippen LogP contribution >= 0.6 is 11.3 Å². The zero-order valence-electron chi connectivity index (χ0n) is 17.6. The minimum Gasteiger partial charge on any atom is -0.379 e. The molecule has 1 aromatic heterocycles. The largest absolute Gasteiger partial charge is 0.379 e. The van der Waals surface area contributed by atoms with Crippen LogP contribution in [0, 0.1) is 6.92 Å². The second kappa shape index (κ2) is 8.75. The Kier molecular flexibility index (Phi) is 5.68. The predicted octanol–water partition coefficient (Wildman–Crippen LogP) is 4.74. The van der Waals surface area contributed by atoms with Gasteiger partial charge in [-0.3, -0.25) is 14.6 Å². The Morgan fingerprint density at radius 2 is 1.90 bits per heavy atom. The summed E-state index contributed by atoms with van der Waals surface area (Å²) in [6.45, 7) is 6.77. The molecule has 0 atom stereocenters. The first kappa shape index (κ1) is 20.1. The Morgan fingerprint density at radius 1 is 1.10 bits per heavy atom. The highest BCUT2D eigenvalue weighted by Gasteiger charge is 2.24. The summed E-state index contributed by atoms with van der Waals surface area (Å²) in [6, 6.07) is 20.2. The van der Waals surface area contributed by atoms with Crippen molar-refractivity contribution in [3.05, 3.63) is 71.8 Å². The zero-order valence-corrected chi connectivity index (χ0v) is 18.4. The van der Waals surface area contributed by atoms with E-state index in [4.69, 9.17) is 9.72 Å². The van der Waals surface area contributed by atoms with E-state index in [9.17, 15) is 4.79 Å². The first-order chi connectivity index (χ1) is 15.2. The Balaban J connectivity index is 1.52. The minimum absolute atomic E-state index is 0.000775. The first-order valence-corrected chi connectivity index (χ1v) is 11.5. The Bertz CT molecular complexity index is 1220. The van der Waals surface area contributed by atoms with Crippen LogP contribution in [0.1, 0.15) is 15.9 Å². The van der Waals surface area contributed by atoms with Crippen molar-refractivity contribution in [2.75, 3.05) is 44.3 Å². The molecule has 2 heterocycles. The summed E-state index contributed by atoms with van der Waals surface area (Å²) in [5.41, 5.74) is 2.85. The lowest BCUT2D eigenvalue weighted by molar-refractivity contribution is 0.0391. The number of ether oxygens (including phenoxy) is 1. The molecule has 1 fully saturated rings. The Labute approximate surface area is 185 Å². The average molecular weight is 432 g/mol. The second-order valence-corrected chi connectivity index (χ2v) is 8.91. The van der Waals surface area contributed by atoms with Gasteiger partial charge in [-0.05, 0) is 41.5 Å². The number of carbonyl (C=O) groups excluding carboxylic acids is 1. The van der Waals surface area contributed by atoms with E-state index in [1.807, 2.05) is 53.4 Å². The molecule has 31 heavy (non-hydrogen) atoms. The molecule has 5 nitrogen and oxygen atoms in total. The summed E-state index contributed by atoms with van der Waals surface area (Å²) >= 11 is 1.59. The molecular formula is C25H25N3O2S. The molecule has 0 saturated carbocycles. The van der Waals surface area contributed by atoms with Crippen LogP contribution in [0.2, 0.25) is 0 Å². The number of fused-ring (bicyclic) bond motifs is 2. The topological polar surface area (TPSA) is 45.7 Å². The fraction of sp³-hybridized carbons (Fsp3) is 0.280. The number of benzene rings is 3. The lowest BCUT2D eigenvalue weighted by Gasteiger charge is -2.29. The second-order valence-electron chi connectivity index (χ2n) is 7.91. The maximum absolute atomic E-state index is 13.8. The number of hydrogen-bond acceptors (Lipinski definition) is 5. The van der Waals surface area contributed by atoms with Gasteiger partial charge in [0.1, 0.15) is 0 Å². The van der Waals surface area contributed by atoms with Crippen LogP contribution in [0.15, 0.2) is 60.7 Å². The summed E-state index contributed by atoms with van der Waals surface area (Å²) in [5.74, 6) is 0.000775. The van der Waals surface area contributed by atoms with Crippen LogP contribution in [0.5, 0.6) is 0 Å². The van der Waals surface area contributed by atoms with Gasteiger partial charge in [-0.2, -0.15) is 0 Å². The lowest BCUT2D eigenvalue weighted by Crippen LogP contribution is -2.43. The maximum Gasteiger partial charge on any atom is 0.260 e. The van der Waals surface area contributed by atoms with E-state index < -0.39 is 0 Å². The average Bonchev–Trinajstić information content (AvgIpc) is 3.22. The number of morpholine rings is 1. The fourth-order valence-corrected chi connectivity index (χ4v) is 5.13. The van der Waals surface area contributed by atoms with E-state index in [1.165, 1.54) is 5.56 Å². The smallest absolute Gasteiger partial charge is 0.260 e. The maximum atomic E-state index is 13.8. The van der Waals surface area contributed by atoms with Crippen molar-refractivity contribution in [1.82, 2.24) is 9.88 Å². The highest BCUT2D eigenvalue weighted by Crippen LogP contribution is 2.31. The Hall–Kier alpha value is -2.80. The quantitative estimate of drug-likeness (QED) is 0.458. The molecule has 4 aromatic rings.